The second-order valence-electron chi connectivity index (χ2n) is 5.90. The van der Waals surface area contributed by atoms with Crippen LogP contribution in [-0.4, -0.2) is 11.2 Å². The molecule has 1 N–H and O–H groups in total. The summed E-state index contributed by atoms with van der Waals surface area (Å²) in [6.45, 7) is 0. The molecular weight excluding hydrogens is 390 g/mol. The number of rotatable bonds is 6. The van der Waals surface area contributed by atoms with Gasteiger partial charge >= 0.3 is 0 Å². The molecule has 0 unspecified atom stereocenters. The molecule has 28 heavy (non-hydrogen) atoms. The van der Waals surface area contributed by atoms with E-state index in [0.29, 0.717) is 5.02 Å². The largest absolute Gasteiger partial charge is 0.457 e. The number of hydrogen-bond donors (Lipinski definition) is 1. The number of benzene rings is 3. The van der Waals surface area contributed by atoms with Crippen LogP contribution < -0.4 is 10.2 Å². The van der Waals surface area contributed by atoms with E-state index in [1.165, 1.54) is 11.3 Å². The molecule has 6 heteroatoms. The van der Waals surface area contributed by atoms with E-state index in [1.54, 1.807) is 18.3 Å². The number of thiazole rings is 1. The molecule has 0 aliphatic heterocycles. The van der Waals surface area contributed by atoms with Crippen LogP contribution in [-0.2, 0) is 0 Å². The maximum atomic E-state index is 5.88. The minimum Gasteiger partial charge on any atom is -0.457 e. The minimum atomic E-state index is 0.683. The number of halogens is 1. The van der Waals surface area contributed by atoms with Crippen LogP contribution >= 0.6 is 22.9 Å². The number of nitrogens with zero attached hydrogens (tertiary/aromatic N) is 2. The summed E-state index contributed by atoms with van der Waals surface area (Å²) in [6, 6.07) is 25.0. The Bertz CT molecular complexity index is 1060. The van der Waals surface area contributed by atoms with Crippen LogP contribution in [0.15, 0.2) is 89.3 Å². The molecule has 4 aromatic rings. The van der Waals surface area contributed by atoms with E-state index in [9.17, 15) is 0 Å². The summed E-state index contributed by atoms with van der Waals surface area (Å²) in [6.07, 6.45) is 1.75. The van der Waals surface area contributed by atoms with Crippen molar-refractivity contribution in [1.82, 2.24) is 4.98 Å². The van der Waals surface area contributed by atoms with E-state index in [2.05, 4.69) is 15.5 Å². The summed E-state index contributed by atoms with van der Waals surface area (Å²) in [5.41, 5.74) is 5.96. The first-order chi connectivity index (χ1) is 13.8. The molecule has 4 rings (SSSR count). The van der Waals surface area contributed by atoms with Gasteiger partial charge in [-0.05, 0) is 54.1 Å². The lowest BCUT2D eigenvalue weighted by Gasteiger charge is -2.05. The minimum absolute atomic E-state index is 0.683. The van der Waals surface area contributed by atoms with Gasteiger partial charge in [-0.25, -0.2) is 4.98 Å². The van der Waals surface area contributed by atoms with Crippen molar-refractivity contribution in [2.75, 3.05) is 5.43 Å². The van der Waals surface area contributed by atoms with Gasteiger partial charge in [0, 0.05) is 16.0 Å². The zero-order valence-corrected chi connectivity index (χ0v) is 16.3. The molecule has 138 valence electrons. The predicted octanol–water partition coefficient (Wildman–Crippen LogP) is 6.70. The molecule has 0 bridgehead atoms. The van der Waals surface area contributed by atoms with Crippen LogP contribution in [0.25, 0.3) is 11.3 Å². The van der Waals surface area contributed by atoms with Crippen molar-refractivity contribution in [3.05, 3.63) is 94.8 Å². The number of ether oxygens (including phenoxy) is 1. The molecule has 0 atom stereocenters. The van der Waals surface area contributed by atoms with Crippen LogP contribution in [0.3, 0.4) is 0 Å². The monoisotopic (exact) mass is 405 g/mol. The maximum Gasteiger partial charge on any atom is 0.203 e. The van der Waals surface area contributed by atoms with Crippen molar-refractivity contribution in [2.24, 2.45) is 5.10 Å². The fraction of sp³-hybridized carbons (Fsp3) is 0. The third-order valence-electron chi connectivity index (χ3n) is 3.88. The SMILES string of the molecule is Clc1ccc(Oc2ccc(C=NNc3nc(-c4ccccc4)cs3)cc2)cc1. The van der Waals surface area contributed by atoms with Crippen LogP contribution in [0, 0.1) is 0 Å². The lowest BCUT2D eigenvalue weighted by Crippen LogP contribution is -1.90. The molecule has 0 fully saturated rings. The zero-order chi connectivity index (χ0) is 19.2. The van der Waals surface area contributed by atoms with Crippen LogP contribution in [0.2, 0.25) is 5.02 Å². The molecule has 4 nitrogen and oxygen atoms in total. The Morgan fingerprint density at radius 2 is 1.57 bits per heavy atom. The first-order valence-corrected chi connectivity index (χ1v) is 9.85. The number of nitrogens with one attached hydrogen (secondary N) is 1. The van der Waals surface area contributed by atoms with Gasteiger partial charge < -0.3 is 4.74 Å². The Morgan fingerprint density at radius 1 is 0.893 bits per heavy atom. The number of aromatic nitrogens is 1. The Labute approximate surface area is 172 Å². The summed E-state index contributed by atoms with van der Waals surface area (Å²) in [5, 5.41) is 7.70. The standard InChI is InChI=1S/C22H16ClN3OS/c23-18-8-12-20(13-9-18)27-19-10-6-16(7-11-19)14-24-26-22-25-21(15-28-22)17-4-2-1-3-5-17/h1-15H,(H,25,26). The van der Waals surface area contributed by atoms with Gasteiger partial charge in [-0.3, -0.25) is 5.43 Å². The maximum absolute atomic E-state index is 5.88. The Morgan fingerprint density at radius 3 is 2.29 bits per heavy atom. The predicted molar refractivity (Wildman–Crippen MR) is 117 cm³/mol. The van der Waals surface area contributed by atoms with Crippen molar-refractivity contribution in [3.63, 3.8) is 0 Å². The molecule has 1 heterocycles. The lowest BCUT2D eigenvalue weighted by molar-refractivity contribution is 0.482. The number of hydrogen-bond acceptors (Lipinski definition) is 5. The topological polar surface area (TPSA) is 46.5 Å². The molecule has 0 radical (unpaired) electrons. The molecular formula is C22H16ClN3OS. The van der Waals surface area contributed by atoms with E-state index in [1.807, 2.05) is 72.1 Å². The van der Waals surface area contributed by atoms with Crippen LogP contribution in [0.1, 0.15) is 5.56 Å². The molecule has 0 aliphatic rings. The Balaban J connectivity index is 1.35. The van der Waals surface area contributed by atoms with Crippen molar-refractivity contribution in [2.45, 2.75) is 0 Å². The molecule has 1 aromatic heterocycles. The van der Waals surface area contributed by atoms with Crippen LogP contribution in [0.4, 0.5) is 5.13 Å². The van der Waals surface area contributed by atoms with Gasteiger partial charge in [0.25, 0.3) is 0 Å². The van der Waals surface area contributed by atoms with E-state index < -0.39 is 0 Å². The first-order valence-electron chi connectivity index (χ1n) is 8.60. The van der Waals surface area contributed by atoms with E-state index in [0.717, 1.165) is 33.5 Å². The summed E-state index contributed by atoms with van der Waals surface area (Å²) in [7, 11) is 0. The third kappa shape index (κ3) is 4.76. The van der Waals surface area contributed by atoms with E-state index in [4.69, 9.17) is 16.3 Å². The molecule has 0 saturated heterocycles. The highest BCUT2D eigenvalue weighted by molar-refractivity contribution is 7.14. The zero-order valence-electron chi connectivity index (χ0n) is 14.7. The number of hydrazone groups is 1. The summed E-state index contributed by atoms with van der Waals surface area (Å²) >= 11 is 7.40. The Hall–Kier alpha value is -3.15. The smallest absolute Gasteiger partial charge is 0.203 e. The fourth-order valence-corrected chi connectivity index (χ4v) is 3.28. The second kappa shape index (κ2) is 8.69. The van der Waals surface area contributed by atoms with Crippen molar-refractivity contribution in [1.29, 1.82) is 0 Å². The molecule has 0 saturated carbocycles. The van der Waals surface area contributed by atoms with E-state index in [-0.39, 0.29) is 0 Å². The first kappa shape index (κ1) is 18.2. The quantitative estimate of drug-likeness (QED) is 0.286. The average Bonchev–Trinajstić information content (AvgIpc) is 3.21. The summed E-state index contributed by atoms with van der Waals surface area (Å²) < 4.78 is 5.78. The third-order valence-corrected chi connectivity index (χ3v) is 4.88. The summed E-state index contributed by atoms with van der Waals surface area (Å²) in [4.78, 5) is 4.54. The van der Waals surface area contributed by atoms with Crippen molar-refractivity contribution < 1.29 is 4.74 Å². The van der Waals surface area contributed by atoms with Gasteiger partial charge in [0.05, 0.1) is 11.9 Å². The van der Waals surface area contributed by atoms with Gasteiger partial charge in [0.2, 0.25) is 5.13 Å². The van der Waals surface area contributed by atoms with Gasteiger partial charge in [-0.15, -0.1) is 11.3 Å². The van der Waals surface area contributed by atoms with Gasteiger partial charge in [-0.2, -0.15) is 5.10 Å². The fourth-order valence-electron chi connectivity index (χ4n) is 2.49. The van der Waals surface area contributed by atoms with E-state index >= 15 is 0 Å². The summed E-state index contributed by atoms with van der Waals surface area (Å²) in [5.74, 6) is 1.49. The van der Waals surface area contributed by atoms with Gasteiger partial charge in [-0.1, -0.05) is 41.9 Å². The molecule has 3 aromatic carbocycles. The molecule has 0 amide bonds. The Kier molecular flexibility index (Phi) is 5.66. The van der Waals surface area contributed by atoms with Crippen LogP contribution in [0.5, 0.6) is 11.5 Å². The highest BCUT2D eigenvalue weighted by atomic mass is 35.5. The van der Waals surface area contributed by atoms with Crippen molar-refractivity contribution in [3.8, 4) is 22.8 Å². The van der Waals surface area contributed by atoms with Gasteiger partial charge in [0.15, 0.2) is 0 Å². The average molecular weight is 406 g/mol. The lowest BCUT2D eigenvalue weighted by atomic mass is 10.2. The number of anilines is 1. The molecule has 0 aliphatic carbocycles. The highest BCUT2D eigenvalue weighted by Crippen LogP contribution is 2.25. The van der Waals surface area contributed by atoms with Crippen molar-refractivity contribution >= 4 is 34.3 Å². The molecule has 0 spiro atoms. The highest BCUT2D eigenvalue weighted by Gasteiger charge is 2.03. The normalized spacial score (nSPS) is 10.9. The van der Waals surface area contributed by atoms with Gasteiger partial charge in [0.1, 0.15) is 11.5 Å². The second-order valence-corrected chi connectivity index (χ2v) is 7.19.